The molecule has 0 amide bonds. The number of rotatable bonds is 1. The van der Waals surface area contributed by atoms with Gasteiger partial charge in [-0.15, -0.1) is 0 Å². The van der Waals surface area contributed by atoms with Gasteiger partial charge >= 0.3 is 0 Å². The van der Waals surface area contributed by atoms with E-state index in [0.29, 0.717) is 11.8 Å². The first-order valence-electron chi connectivity index (χ1n) is 5.80. The third kappa shape index (κ3) is 1.30. The lowest BCUT2D eigenvalue weighted by Crippen LogP contribution is -2.12. The first-order chi connectivity index (χ1) is 7.72. The average Bonchev–Trinajstić information content (AvgIpc) is 2.83. The molecule has 2 aliphatic rings. The molecule has 1 unspecified atom stereocenters. The number of ether oxygens (including phenoxy) is 1. The fraction of sp³-hybridized carbons (Fsp3) is 0.538. The number of methoxy groups -OCH3 is 1. The second-order valence-electron chi connectivity index (χ2n) is 4.83. The Labute approximate surface area is 101 Å². The van der Waals surface area contributed by atoms with Crippen LogP contribution in [0, 0.1) is 5.92 Å². The lowest BCUT2D eigenvalue weighted by molar-refractivity contribution is 0.414. The Kier molecular flexibility index (Phi) is 2.37. The van der Waals surface area contributed by atoms with Gasteiger partial charge < -0.3 is 10.1 Å². The van der Waals surface area contributed by atoms with E-state index in [9.17, 15) is 0 Å². The minimum absolute atomic E-state index is 0.610. The molecule has 1 heterocycles. The number of hydrogen-bond donors (Lipinski definition) is 1. The summed E-state index contributed by atoms with van der Waals surface area (Å²) in [6.45, 7) is 4.52. The SMILES string of the molecule is COc1cc2c(cc1Cl)C(C)[C@@H]1CNC[C@H]21. The van der Waals surface area contributed by atoms with E-state index in [1.165, 1.54) is 11.1 Å². The van der Waals surface area contributed by atoms with Crippen LogP contribution in [0.1, 0.15) is 29.9 Å². The largest absolute Gasteiger partial charge is 0.495 e. The summed E-state index contributed by atoms with van der Waals surface area (Å²) in [4.78, 5) is 0. The number of fused-ring (bicyclic) bond motifs is 3. The predicted octanol–water partition coefficient (Wildman–Crippen LogP) is 2.77. The van der Waals surface area contributed by atoms with E-state index in [2.05, 4.69) is 24.4 Å². The summed E-state index contributed by atoms with van der Waals surface area (Å²) in [6.07, 6.45) is 0. The van der Waals surface area contributed by atoms with Crippen molar-refractivity contribution in [1.82, 2.24) is 5.32 Å². The maximum absolute atomic E-state index is 6.19. The number of benzene rings is 1. The molecule has 0 aromatic heterocycles. The van der Waals surface area contributed by atoms with Gasteiger partial charge in [-0.2, -0.15) is 0 Å². The van der Waals surface area contributed by atoms with Crippen molar-refractivity contribution in [1.29, 1.82) is 0 Å². The van der Waals surface area contributed by atoms with Gasteiger partial charge in [0.1, 0.15) is 5.75 Å². The van der Waals surface area contributed by atoms with Gasteiger partial charge in [0, 0.05) is 12.5 Å². The Morgan fingerprint density at radius 2 is 2.12 bits per heavy atom. The van der Waals surface area contributed by atoms with Crippen molar-refractivity contribution in [2.24, 2.45) is 5.92 Å². The molecule has 3 atom stereocenters. The van der Waals surface area contributed by atoms with Gasteiger partial charge in [0.05, 0.1) is 12.1 Å². The summed E-state index contributed by atoms with van der Waals surface area (Å²) in [5, 5.41) is 4.21. The van der Waals surface area contributed by atoms with Crippen LogP contribution in [-0.2, 0) is 0 Å². The monoisotopic (exact) mass is 237 g/mol. The van der Waals surface area contributed by atoms with Crippen LogP contribution in [0.2, 0.25) is 5.02 Å². The molecule has 3 rings (SSSR count). The van der Waals surface area contributed by atoms with Gasteiger partial charge in [-0.25, -0.2) is 0 Å². The van der Waals surface area contributed by atoms with Crippen LogP contribution < -0.4 is 10.1 Å². The number of hydrogen-bond acceptors (Lipinski definition) is 2. The molecule has 0 saturated carbocycles. The Balaban J connectivity index is 2.12. The van der Waals surface area contributed by atoms with E-state index in [1.807, 2.05) is 0 Å². The zero-order valence-corrected chi connectivity index (χ0v) is 10.3. The molecular weight excluding hydrogens is 222 g/mol. The minimum atomic E-state index is 0.610. The Morgan fingerprint density at radius 3 is 2.88 bits per heavy atom. The van der Waals surface area contributed by atoms with Crippen LogP contribution in [0.3, 0.4) is 0 Å². The maximum Gasteiger partial charge on any atom is 0.137 e. The number of nitrogens with one attached hydrogen (secondary N) is 1. The van der Waals surface area contributed by atoms with Crippen molar-refractivity contribution in [3.63, 3.8) is 0 Å². The average molecular weight is 238 g/mol. The fourth-order valence-corrected chi connectivity index (χ4v) is 3.50. The lowest BCUT2D eigenvalue weighted by atomic mass is 9.91. The molecule has 1 aromatic rings. The zero-order valence-electron chi connectivity index (χ0n) is 9.59. The standard InChI is InChI=1S/C13H16ClNO/c1-7-8-3-12(14)13(16-2)4-9(8)11-6-15-5-10(7)11/h3-4,7,10-11,15H,5-6H2,1-2H3/t7?,10-,11+/m0/s1. The third-order valence-corrected chi connectivity index (χ3v) is 4.45. The molecule has 1 saturated heterocycles. The summed E-state index contributed by atoms with van der Waals surface area (Å²) < 4.78 is 5.30. The second-order valence-corrected chi connectivity index (χ2v) is 5.24. The van der Waals surface area contributed by atoms with E-state index in [4.69, 9.17) is 16.3 Å². The van der Waals surface area contributed by atoms with E-state index in [-0.39, 0.29) is 0 Å². The molecule has 2 nitrogen and oxygen atoms in total. The van der Waals surface area contributed by atoms with Crippen LogP contribution in [0.4, 0.5) is 0 Å². The fourth-order valence-electron chi connectivity index (χ4n) is 3.25. The molecule has 0 spiro atoms. The normalized spacial score (nSPS) is 31.3. The Bertz CT molecular complexity index is 432. The first kappa shape index (κ1) is 10.4. The quantitative estimate of drug-likeness (QED) is 0.811. The molecule has 3 heteroatoms. The van der Waals surface area contributed by atoms with Crippen LogP contribution in [-0.4, -0.2) is 20.2 Å². The molecule has 1 N–H and O–H groups in total. The summed E-state index contributed by atoms with van der Waals surface area (Å²) in [5.74, 6) is 2.80. The molecule has 0 bridgehead atoms. The van der Waals surface area contributed by atoms with Crippen molar-refractivity contribution in [3.05, 3.63) is 28.3 Å². The first-order valence-corrected chi connectivity index (χ1v) is 6.18. The molecular formula is C13H16ClNO. The maximum atomic E-state index is 6.19. The second kappa shape index (κ2) is 3.64. The van der Waals surface area contributed by atoms with Gasteiger partial charge in [-0.1, -0.05) is 18.5 Å². The minimum Gasteiger partial charge on any atom is -0.495 e. The highest BCUT2D eigenvalue weighted by atomic mass is 35.5. The zero-order chi connectivity index (χ0) is 11.3. The van der Waals surface area contributed by atoms with Gasteiger partial charge in [0.2, 0.25) is 0 Å². The van der Waals surface area contributed by atoms with E-state index in [0.717, 1.165) is 29.8 Å². The molecule has 1 aliphatic heterocycles. The molecule has 1 fully saturated rings. The van der Waals surface area contributed by atoms with Crippen molar-refractivity contribution in [3.8, 4) is 5.75 Å². The Morgan fingerprint density at radius 1 is 1.31 bits per heavy atom. The van der Waals surface area contributed by atoms with Crippen molar-refractivity contribution in [2.75, 3.05) is 20.2 Å². The van der Waals surface area contributed by atoms with Crippen LogP contribution in [0.15, 0.2) is 12.1 Å². The van der Waals surface area contributed by atoms with Crippen LogP contribution in [0.5, 0.6) is 5.75 Å². The highest BCUT2D eigenvalue weighted by Crippen LogP contribution is 2.50. The predicted molar refractivity (Wildman–Crippen MR) is 65.5 cm³/mol. The summed E-state index contributed by atoms with van der Waals surface area (Å²) in [5.41, 5.74) is 2.85. The van der Waals surface area contributed by atoms with Crippen LogP contribution in [0.25, 0.3) is 0 Å². The van der Waals surface area contributed by atoms with Gasteiger partial charge in [0.25, 0.3) is 0 Å². The van der Waals surface area contributed by atoms with E-state index < -0.39 is 0 Å². The summed E-state index contributed by atoms with van der Waals surface area (Å²) in [6, 6.07) is 4.23. The molecule has 1 aliphatic carbocycles. The number of halogens is 1. The highest BCUT2D eigenvalue weighted by Gasteiger charge is 2.41. The summed E-state index contributed by atoms with van der Waals surface area (Å²) in [7, 11) is 1.68. The van der Waals surface area contributed by atoms with Crippen molar-refractivity contribution >= 4 is 11.6 Å². The Hall–Kier alpha value is -0.730. The van der Waals surface area contributed by atoms with Gasteiger partial charge in [-0.3, -0.25) is 0 Å². The molecule has 86 valence electrons. The summed E-state index contributed by atoms with van der Waals surface area (Å²) >= 11 is 6.19. The topological polar surface area (TPSA) is 21.3 Å². The van der Waals surface area contributed by atoms with Crippen molar-refractivity contribution < 1.29 is 4.74 Å². The highest BCUT2D eigenvalue weighted by molar-refractivity contribution is 6.32. The third-order valence-electron chi connectivity index (χ3n) is 4.15. The lowest BCUT2D eigenvalue weighted by Gasteiger charge is -2.12. The van der Waals surface area contributed by atoms with Gasteiger partial charge in [0.15, 0.2) is 0 Å². The van der Waals surface area contributed by atoms with E-state index in [1.54, 1.807) is 7.11 Å². The van der Waals surface area contributed by atoms with Gasteiger partial charge in [-0.05, 0) is 41.6 Å². The van der Waals surface area contributed by atoms with Crippen LogP contribution >= 0.6 is 11.6 Å². The van der Waals surface area contributed by atoms with Crippen molar-refractivity contribution in [2.45, 2.75) is 18.8 Å². The molecule has 0 radical (unpaired) electrons. The van der Waals surface area contributed by atoms with E-state index >= 15 is 0 Å². The molecule has 1 aromatic carbocycles. The smallest absolute Gasteiger partial charge is 0.137 e. The molecule has 16 heavy (non-hydrogen) atoms.